The second kappa shape index (κ2) is 8.29. The number of methoxy groups -OCH3 is 2. The van der Waals surface area contributed by atoms with Crippen LogP contribution in [0.25, 0.3) is 0 Å². The molecule has 1 unspecified atom stereocenters. The van der Waals surface area contributed by atoms with E-state index in [1.807, 2.05) is 13.8 Å². The molecule has 0 saturated heterocycles. The maximum Gasteiger partial charge on any atom is 0.157 e. The molecule has 1 aromatic heterocycles. The van der Waals surface area contributed by atoms with Crippen LogP contribution in [0.4, 0.5) is 0 Å². The van der Waals surface area contributed by atoms with Crippen molar-refractivity contribution in [1.29, 1.82) is 0 Å². The smallest absolute Gasteiger partial charge is 0.157 e. The molecule has 0 spiro atoms. The zero-order valence-corrected chi connectivity index (χ0v) is 13.5. The summed E-state index contributed by atoms with van der Waals surface area (Å²) >= 11 is 0. The van der Waals surface area contributed by atoms with Gasteiger partial charge in [-0.05, 0) is 19.8 Å². The third kappa shape index (κ3) is 4.51. The first kappa shape index (κ1) is 17.0. The van der Waals surface area contributed by atoms with Crippen molar-refractivity contribution < 1.29 is 9.47 Å². The van der Waals surface area contributed by atoms with Crippen molar-refractivity contribution in [2.75, 3.05) is 27.4 Å². The van der Waals surface area contributed by atoms with Crippen LogP contribution in [-0.2, 0) is 16.0 Å². The molecule has 0 saturated carbocycles. The molecule has 0 aliphatic heterocycles. The van der Waals surface area contributed by atoms with Gasteiger partial charge in [-0.15, -0.1) is 0 Å². The van der Waals surface area contributed by atoms with Crippen molar-refractivity contribution in [1.82, 2.24) is 15.3 Å². The molecule has 0 fully saturated rings. The number of nitrogens with zero attached hydrogens (tertiary/aromatic N) is 2. The van der Waals surface area contributed by atoms with Crippen LogP contribution in [0.1, 0.15) is 42.7 Å². The van der Waals surface area contributed by atoms with Gasteiger partial charge in [0.05, 0.1) is 6.61 Å². The van der Waals surface area contributed by atoms with Gasteiger partial charge < -0.3 is 14.8 Å². The SMILES string of the molecule is COCCNCc1c(C)nc(C(OC)C(C)C)nc1C. The van der Waals surface area contributed by atoms with Crippen LogP contribution in [0, 0.1) is 19.8 Å². The normalized spacial score (nSPS) is 12.9. The monoisotopic (exact) mass is 281 g/mol. The highest BCUT2D eigenvalue weighted by molar-refractivity contribution is 5.24. The third-order valence-electron chi connectivity index (χ3n) is 3.34. The number of hydrogen-bond acceptors (Lipinski definition) is 5. The lowest BCUT2D eigenvalue weighted by Crippen LogP contribution is -2.22. The van der Waals surface area contributed by atoms with Crippen LogP contribution in [0.5, 0.6) is 0 Å². The highest BCUT2D eigenvalue weighted by atomic mass is 16.5. The first-order chi connectivity index (χ1) is 9.51. The zero-order chi connectivity index (χ0) is 15.1. The summed E-state index contributed by atoms with van der Waals surface area (Å²) in [5.41, 5.74) is 3.18. The number of hydrogen-bond donors (Lipinski definition) is 1. The molecular weight excluding hydrogens is 254 g/mol. The molecule has 20 heavy (non-hydrogen) atoms. The molecule has 5 nitrogen and oxygen atoms in total. The van der Waals surface area contributed by atoms with Crippen molar-refractivity contribution in [2.24, 2.45) is 5.92 Å². The van der Waals surface area contributed by atoms with Gasteiger partial charge in [0.15, 0.2) is 5.82 Å². The molecule has 0 aliphatic rings. The summed E-state index contributed by atoms with van der Waals surface area (Å²) in [6.45, 7) is 10.6. The van der Waals surface area contributed by atoms with Crippen LogP contribution < -0.4 is 5.32 Å². The van der Waals surface area contributed by atoms with E-state index in [1.54, 1.807) is 14.2 Å². The van der Waals surface area contributed by atoms with Crippen molar-refractivity contribution in [3.8, 4) is 0 Å². The molecule has 114 valence electrons. The van der Waals surface area contributed by atoms with Gasteiger partial charge in [0.1, 0.15) is 6.10 Å². The topological polar surface area (TPSA) is 56.3 Å². The van der Waals surface area contributed by atoms with Gasteiger partial charge in [0.25, 0.3) is 0 Å². The Morgan fingerprint density at radius 3 is 2.15 bits per heavy atom. The average Bonchev–Trinajstić information content (AvgIpc) is 2.37. The molecule has 1 heterocycles. The lowest BCUT2D eigenvalue weighted by Gasteiger charge is -2.20. The van der Waals surface area contributed by atoms with E-state index >= 15 is 0 Å². The van der Waals surface area contributed by atoms with Crippen LogP contribution in [-0.4, -0.2) is 37.3 Å². The largest absolute Gasteiger partial charge is 0.383 e. The second-order valence-corrected chi connectivity index (χ2v) is 5.30. The molecular formula is C15H27N3O2. The number of ether oxygens (including phenoxy) is 2. The fraction of sp³-hybridized carbons (Fsp3) is 0.733. The molecule has 0 bridgehead atoms. The van der Waals surface area contributed by atoms with E-state index < -0.39 is 0 Å². The average molecular weight is 281 g/mol. The molecule has 0 aromatic carbocycles. The minimum Gasteiger partial charge on any atom is -0.383 e. The summed E-state index contributed by atoms with van der Waals surface area (Å²) in [5, 5.41) is 3.33. The van der Waals surface area contributed by atoms with E-state index in [1.165, 1.54) is 0 Å². The van der Waals surface area contributed by atoms with E-state index in [-0.39, 0.29) is 6.10 Å². The van der Waals surface area contributed by atoms with Crippen LogP contribution >= 0.6 is 0 Å². The van der Waals surface area contributed by atoms with Crippen LogP contribution in [0.2, 0.25) is 0 Å². The van der Waals surface area contributed by atoms with E-state index in [0.717, 1.165) is 35.9 Å². The third-order valence-corrected chi connectivity index (χ3v) is 3.34. The highest BCUT2D eigenvalue weighted by Crippen LogP contribution is 2.23. The number of rotatable bonds is 8. The Bertz CT molecular complexity index is 399. The Morgan fingerprint density at radius 1 is 1.10 bits per heavy atom. The first-order valence-corrected chi connectivity index (χ1v) is 7.07. The van der Waals surface area contributed by atoms with Gasteiger partial charge in [0.2, 0.25) is 0 Å². The molecule has 1 N–H and O–H groups in total. The predicted molar refractivity (Wildman–Crippen MR) is 79.7 cm³/mol. The summed E-state index contributed by atoms with van der Waals surface area (Å²) in [6, 6.07) is 0. The molecule has 0 amide bonds. The molecule has 1 rings (SSSR count). The summed E-state index contributed by atoms with van der Waals surface area (Å²) < 4.78 is 10.5. The van der Waals surface area contributed by atoms with Crippen LogP contribution in [0.3, 0.4) is 0 Å². The van der Waals surface area contributed by atoms with Gasteiger partial charge in [-0.1, -0.05) is 13.8 Å². The first-order valence-electron chi connectivity index (χ1n) is 7.07. The van der Waals surface area contributed by atoms with E-state index in [4.69, 9.17) is 9.47 Å². The number of aryl methyl sites for hydroxylation is 2. The van der Waals surface area contributed by atoms with E-state index in [2.05, 4.69) is 29.1 Å². The Morgan fingerprint density at radius 2 is 1.70 bits per heavy atom. The van der Waals surface area contributed by atoms with Gasteiger partial charge in [-0.2, -0.15) is 0 Å². The predicted octanol–water partition coefficient (Wildman–Crippen LogP) is 2.17. The van der Waals surface area contributed by atoms with Crippen molar-refractivity contribution in [3.63, 3.8) is 0 Å². The zero-order valence-electron chi connectivity index (χ0n) is 13.5. The van der Waals surface area contributed by atoms with Gasteiger partial charge in [-0.25, -0.2) is 9.97 Å². The minimum absolute atomic E-state index is 0.0529. The fourth-order valence-electron chi connectivity index (χ4n) is 2.21. The van der Waals surface area contributed by atoms with E-state index in [9.17, 15) is 0 Å². The summed E-state index contributed by atoms with van der Waals surface area (Å²) in [6.07, 6.45) is -0.0529. The maximum absolute atomic E-state index is 5.50. The Balaban J connectivity index is 2.85. The minimum atomic E-state index is -0.0529. The summed E-state index contributed by atoms with van der Waals surface area (Å²) in [7, 11) is 3.41. The molecule has 0 aliphatic carbocycles. The van der Waals surface area contributed by atoms with Crippen molar-refractivity contribution in [2.45, 2.75) is 40.3 Å². The Hall–Kier alpha value is -1.04. The molecule has 1 atom stereocenters. The second-order valence-electron chi connectivity index (χ2n) is 5.30. The Kier molecular flexibility index (Phi) is 7.05. The quantitative estimate of drug-likeness (QED) is 0.740. The lowest BCUT2D eigenvalue weighted by atomic mass is 10.1. The molecule has 0 radical (unpaired) electrons. The standard InChI is InChI=1S/C15H27N3O2/c1-10(2)14(20-6)15-17-11(3)13(12(4)18-15)9-16-7-8-19-5/h10,14,16H,7-9H2,1-6H3. The van der Waals surface area contributed by atoms with E-state index in [0.29, 0.717) is 12.5 Å². The number of nitrogens with one attached hydrogen (secondary N) is 1. The molecule has 1 aromatic rings. The van der Waals surface area contributed by atoms with Gasteiger partial charge in [0, 0.05) is 44.3 Å². The fourth-order valence-corrected chi connectivity index (χ4v) is 2.21. The summed E-state index contributed by atoms with van der Waals surface area (Å²) in [4.78, 5) is 9.24. The summed E-state index contributed by atoms with van der Waals surface area (Å²) in [5.74, 6) is 1.13. The van der Waals surface area contributed by atoms with Crippen molar-refractivity contribution in [3.05, 3.63) is 22.8 Å². The lowest BCUT2D eigenvalue weighted by molar-refractivity contribution is 0.0571. The van der Waals surface area contributed by atoms with Crippen LogP contribution in [0.15, 0.2) is 0 Å². The van der Waals surface area contributed by atoms with Crippen molar-refractivity contribution >= 4 is 0 Å². The van der Waals surface area contributed by atoms with Gasteiger partial charge >= 0.3 is 0 Å². The number of aromatic nitrogens is 2. The molecule has 5 heteroatoms. The highest BCUT2D eigenvalue weighted by Gasteiger charge is 2.20. The maximum atomic E-state index is 5.50. The van der Waals surface area contributed by atoms with Gasteiger partial charge in [-0.3, -0.25) is 0 Å². The Labute approximate surface area is 122 Å².